The summed E-state index contributed by atoms with van der Waals surface area (Å²) in [7, 11) is 0. The van der Waals surface area contributed by atoms with Gasteiger partial charge in [0.2, 0.25) is 0 Å². The maximum atomic E-state index is 12.3. The highest BCUT2D eigenvalue weighted by molar-refractivity contribution is 5.69. The van der Waals surface area contributed by atoms with Crippen molar-refractivity contribution in [2.45, 2.75) is 57.4 Å². The molecule has 5 aliphatic rings. The van der Waals surface area contributed by atoms with Crippen LogP contribution in [0.1, 0.15) is 51.9 Å². The van der Waals surface area contributed by atoms with Crippen LogP contribution in [0, 0.1) is 23.7 Å². The third-order valence-electron chi connectivity index (χ3n) is 6.50. The maximum Gasteiger partial charge on any atom is 0.410 e. The Balaban J connectivity index is 1.66. The molecule has 0 N–H and O–H groups in total. The highest BCUT2D eigenvalue weighted by Gasteiger charge is 2.62. The number of hydrogen-bond acceptors (Lipinski definition) is 2. The van der Waals surface area contributed by atoms with Crippen molar-refractivity contribution >= 4 is 6.09 Å². The van der Waals surface area contributed by atoms with Crippen molar-refractivity contribution < 1.29 is 9.53 Å². The molecule has 0 atom stereocenters. The fourth-order valence-electron chi connectivity index (χ4n) is 6.18. The molecule has 0 aromatic carbocycles. The van der Waals surface area contributed by atoms with Crippen LogP contribution < -0.4 is 0 Å². The number of hydrogen-bond donors (Lipinski definition) is 0. The first-order valence-electron chi connectivity index (χ1n) is 8.18. The van der Waals surface area contributed by atoms with Crippen molar-refractivity contribution in [1.82, 2.24) is 4.90 Å². The van der Waals surface area contributed by atoms with Crippen LogP contribution >= 0.6 is 0 Å². The summed E-state index contributed by atoms with van der Waals surface area (Å²) in [6.07, 6.45) is 9.37. The second-order valence-corrected chi connectivity index (χ2v) is 7.25. The molecular weight excluding hydrogens is 238 g/mol. The van der Waals surface area contributed by atoms with Gasteiger partial charge in [-0.15, -0.1) is 0 Å². The van der Waals surface area contributed by atoms with E-state index in [1.807, 2.05) is 6.92 Å². The molecular formula is C16H25NO2. The summed E-state index contributed by atoms with van der Waals surface area (Å²) in [4.78, 5) is 14.5. The number of carbonyl (C=O) groups is 1. The van der Waals surface area contributed by atoms with Gasteiger partial charge in [-0.05, 0) is 75.5 Å². The molecule has 0 aromatic heterocycles. The Morgan fingerprint density at radius 3 is 2.37 bits per heavy atom. The number of likely N-dealkylation sites (tertiary alicyclic amines) is 1. The fraction of sp³-hybridized carbons (Fsp3) is 0.938. The molecule has 0 radical (unpaired) electrons. The standard InChI is InChI=1S/C16H25NO2/c1-2-19-15(18)17-5-3-4-16(17)13-7-11-6-12(9-13)10-14(16)8-11/h11-14H,2-10H2,1H3. The van der Waals surface area contributed by atoms with Gasteiger partial charge in [0.05, 0.1) is 12.1 Å². The molecule has 1 amide bonds. The van der Waals surface area contributed by atoms with Gasteiger partial charge in [0.1, 0.15) is 0 Å². The zero-order chi connectivity index (χ0) is 13.0. The topological polar surface area (TPSA) is 29.5 Å². The maximum absolute atomic E-state index is 12.3. The van der Waals surface area contributed by atoms with E-state index >= 15 is 0 Å². The van der Waals surface area contributed by atoms with Crippen LogP contribution in [0.3, 0.4) is 0 Å². The lowest BCUT2D eigenvalue weighted by Crippen LogP contribution is -2.64. The molecule has 5 rings (SSSR count). The molecule has 1 aliphatic heterocycles. The van der Waals surface area contributed by atoms with Crippen molar-refractivity contribution in [2.75, 3.05) is 13.2 Å². The molecule has 19 heavy (non-hydrogen) atoms. The lowest BCUT2D eigenvalue weighted by Gasteiger charge is -2.62. The SMILES string of the molecule is CCOC(=O)N1CCCC12C1CC3CC(C1)CC2C3. The molecule has 0 aromatic rings. The molecule has 1 heterocycles. The van der Waals surface area contributed by atoms with Gasteiger partial charge in [0, 0.05) is 6.54 Å². The Kier molecular flexibility index (Phi) is 2.62. The molecule has 4 saturated carbocycles. The molecule has 106 valence electrons. The van der Waals surface area contributed by atoms with E-state index in [-0.39, 0.29) is 11.6 Å². The van der Waals surface area contributed by atoms with E-state index in [4.69, 9.17) is 4.74 Å². The first-order valence-corrected chi connectivity index (χ1v) is 8.18. The Hall–Kier alpha value is -0.730. The monoisotopic (exact) mass is 263 g/mol. The van der Waals surface area contributed by atoms with E-state index < -0.39 is 0 Å². The van der Waals surface area contributed by atoms with E-state index in [1.54, 1.807) is 0 Å². The first kappa shape index (κ1) is 12.0. The summed E-state index contributed by atoms with van der Waals surface area (Å²) in [5, 5.41) is 0. The summed E-state index contributed by atoms with van der Waals surface area (Å²) in [6.45, 7) is 3.35. The van der Waals surface area contributed by atoms with Gasteiger partial charge < -0.3 is 9.64 Å². The quantitative estimate of drug-likeness (QED) is 0.725. The van der Waals surface area contributed by atoms with Crippen LogP contribution in [0.5, 0.6) is 0 Å². The van der Waals surface area contributed by atoms with Crippen LogP contribution in [0.25, 0.3) is 0 Å². The molecule has 3 heteroatoms. The van der Waals surface area contributed by atoms with Crippen molar-refractivity contribution in [2.24, 2.45) is 23.7 Å². The molecule has 0 unspecified atom stereocenters. The van der Waals surface area contributed by atoms with E-state index in [0.29, 0.717) is 6.61 Å². The van der Waals surface area contributed by atoms with Gasteiger partial charge in [-0.25, -0.2) is 4.79 Å². The average molecular weight is 263 g/mol. The first-order chi connectivity index (χ1) is 9.24. The Morgan fingerprint density at radius 2 is 1.79 bits per heavy atom. The fourth-order valence-corrected chi connectivity index (χ4v) is 6.18. The average Bonchev–Trinajstić information content (AvgIpc) is 2.81. The predicted molar refractivity (Wildman–Crippen MR) is 72.7 cm³/mol. The minimum absolute atomic E-state index is 0.0347. The highest BCUT2D eigenvalue weighted by Crippen LogP contribution is 2.62. The van der Waals surface area contributed by atoms with Gasteiger partial charge in [-0.1, -0.05) is 0 Å². The van der Waals surface area contributed by atoms with Gasteiger partial charge in [0.15, 0.2) is 0 Å². The minimum atomic E-state index is -0.0347. The van der Waals surface area contributed by atoms with Crippen molar-refractivity contribution in [3.8, 4) is 0 Å². The third kappa shape index (κ3) is 1.53. The van der Waals surface area contributed by atoms with Crippen LogP contribution in [0.15, 0.2) is 0 Å². The van der Waals surface area contributed by atoms with E-state index in [2.05, 4.69) is 4.90 Å². The third-order valence-corrected chi connectivity index (χ3v) is 6.50. The van der Waals surface area contributed by atoms with E-state index in [9.17, 15) is 4.79 Å². The van der Waals surface area contributed by atoms with Gasteiger partial charge in [-0.3, -0.25) is 0 Å². The molecule has 3 nitrogen and oxygen atoms in total. The Bertz CT molecular complexity index is 364. The van der Waals surface area contributed by atoms with Crippen molar-refractivity contribution in [3.63, 3.8) is 0 Å². The lowest BCUT2D eigenvalue weighted by atomic mass is 9.48. The number of amides is 1. The molecule has 5 fully saturated rings. The van der Waals surface area contributed by atoms with Gasteiger partial charge in [0.25, 0.3) is 0 Å². The van der Waals surface area contributed by atoms with Crippen LogP contribution in [0.4, 0.5) is 4.79 Å². The molecule has 4 aliphatic carbocycles. The predicted octanol–water partition coefficient (Wildman–Crippen LogP) is 3.43. The van der Waals surface area contributed by atoms with Gasteiger partial charge >= 0.3 is 6.09 Å². The van der Waals surface area contributed by atoms with Crippen LogP contribution in [-0.2, 0) is 4.74 Å². The molecule has 1 saturated heterocycles. The summed E-state index contributed by atoms with van der Waals surface area (Å²) in [5.41, 5.74) is 0.194. The number of carbonyl (C=O) groups excluding carboxylic acids is 1. The summed E-state index contributed by atoms with van der Waals surface area (Å²) in [5.74, 6) is 3.49. The lowest BCUT2D eigenvalue weighted by molar-refractivity contribution is -0.111. The smallest absolute Gasteiger partial charge is 0.410 e. The molecule has 1 spiro atoms. The van der Waals surface area contributed by atoms with Crippen LogP contribution in [-0.4, -0.2) is 29.7 Å². The Morgan fingerprint density at radius 1 is 1.16 bits per heavy atom. The minimum Gasteiger partial charge on any atom is -0.450 e. The Labute approximate surface area is 115 Å². The highest BCUT2D eigenvalue weighted by atomic mass is 16.6. The van der Waals surface area contributed by atoms with Crippen molar-refractivity contribution in [3.05, 3.63) is 0 Å². The van der Waals surface area contributed by atoms with E-state index in [1.165, 1.54) is 44.9 Å². The second-order valence-electron chi connectivity index (χ2n) is 7.25. The number of rotatable bonds is 1. The largest absolute Gasteiger partial charge is 0.450 e. The van der Waals surface area contributed by atoms with E-state index in [0.717, 1.165) is 30.2 Å². The summed E-state index contributed by atoms with van der Waals surface area (Å²) in [6, 6.07) is 0. The zero-order valence-corrected chi connectivity index (χ0v) is 11.9. The van der Waals surface area contributed by atoms with Gasteiger partial charge in [-0.2, -0.15) is 0 Å². The van der Waals surface area contributed by atoms with Crippen LogP contribution in [0.2, 0.25) is 0 Å². The molecule has 4 bridgehead atoms. The zero-order valence-electron chi connectivity index (χ0n) is 11.9. The summed E-state index contributed by atoms with van der Waals surface area (Å²) >= 11 is 0. The second kappa shape index (κ2) is 4.13. The van der Waals surface area contributed by atoms with Crippen molar-refractivity contribution in [1.29, 1.82) is 0 Å². The summed E-state index contributed by atoms with van der Waals surface area (Å²) < 4.78 is 5.34. The normalized spacial score (nSPS) is 47.1. The number of ether oxygens (including phenoxy) is 1. The number of nitrogens with zero attached hydrogens (tertiary/aromatic N) is 1.